The zero-order chi connectivity index (χ0) is 17.6. The minimum absolute atomic E-state index is 0.0608. The van der Waals surface area contributed by atoms with Gasteiger partial charge in [-0.15, -0.1) is 0 Å². The van der Waals surface area contributed by atoms with Crippen LogP contribution in [0.15, 0.2) is 0 Å². The molecule has 2 amide bonds. The second kappa shape index (κ2) is 8.19. The number of carbonyl (C=O) groups excluding carboxylic acids is 2. The zero-order valence-corrected chi connectivity index (χ0v) is 15.0. The van der Waals surface area contributed by atoms with Crippen LogP contribution < -0.4 is 0 Å². The van der Waals surface area contributed by atoms with Gasteiger partial charge in [0.15, 0.2) is 0 Å². The molecule has 1 rings (SSSR count). The van der Waals surface area contributed by atoms with Gasteiger partial charge in [-0.2, -0.15) is 5.26 Å². The standard InChI is InChI=1S/C17H29N3O3/c1-13(6-9-18)19(5)15(21)12-14-7-10-20(11-8-14)16(22)23-17(2,3)4/h13-14H,6-8,10-12H2,1-5H3. The molecule has 0 radical (unpaired) electrons. The topological polar surface area (TPSA) is 73.6 Å². The van der Waals surface area contributed by atoms with Crippen LogP contribution in [-0.4, -0.2) is 53.6 Å². The van der Waals surface area contributed by atoms with Gasteiger partial charge in [-0.3, -0.25) is 4.79 Å². The van der Waals surface area contributed by atoms with Crippen molar-refractivity contribution in [1.29, 1.82) is 5.26 Å². The summed E-state index contributed by atoms with van der Waals surface area (Å²) < 4.78 is 5.37. The Hall–Kier alpha value is -1.77. The SMILES string of the molecule is CC(CC#N)N(C)C(=O)CC1CCN(C(=O)OC(C)(C)C)CC1. The van der Waals surface area contributed by atoms with Gasteiger partial charge in [-0.05, 0) is 46.5 Å². The molecule has 0 aromatic heterocycles. The molecular weight excluding hydrogens is 294 g/mol. The average molecular weight is 323 g/mol. The summed E-state index contributed by atoms with van der Waals surface area (Å²) in [6, 6.07) is 2.03. The fraction of sp³-hybridized carbons (Fsp3) is 0.824. The molecule has 1 saturated heterocycles. The monoisotopic (exact) mass is 323 g/mol. The molecule has 1 fully saturated rings. The number of likely N-dealkylation sites (tertiary alicyclic amines) is 1. The summed E-state index contributed by atoms with van der Waals surface area (Å²) in [5.74, 6) is 0.362. The highest BCUT2D eigenvalue weighted by molar-refractivity contribution is 5.76. The van der Waals surface area contributed by atoms with Gasteiger partial charge < -0.3 is 14.5 Å². The molecule has 0 spiro atoms. The van der Waals surface area contributed by atoms with Crippen LogP contribution in [0.2, 0.25) is 0 Å². The molecule has 1 aliphatic rings. The number of hydrogen-bond donors (Lipinski definition) is 0. The molecular formula is C17H29N3O3. The Morgan fingerprint density at radius 2 is 1.91 bits per heavy atom. The van der Waals surface area contributed by atoms with Crippen molar-refractivity contribution >= 4 is 12.0 Å². The van der Waals surface area contributed by atoms with Gasteiger partial charge in [0.2, 0.25) is 5.91 Å². The van der Waals surface area contributed by atoms with Crippen LogP contribution in [0.25, 0.3) is 0 Å². The third-order valence-electron chi connectivity index (χ3n) is 4.17. The van der Waals surface area contributed by atoms with Crippen molar-refractivity contribution in [2.45, 2.75) is 65.0 Å². The third-order valence-corrected chi connectivity index (χ3v) is 4.17. The third kappa shape index (κ3) is 6.47. The quantitative estimate of drug-likeness (QED) is 0.797. The number of amides is 2. The van der Waals surface area contributed by atoms with Gasteiger partial charge in [-0.1, -0.05) is 0 Å². The number of ether oxygens (including phenoxy) is 1. The molecule has 0 N–H and O–H groups in total. The first-order chi connectivity index (χ1) is 10.6. The van der Waals surface area contributed by atoms with Gasteiger partial charge in [0.05, 0.1) is 12.5 Å². The second-order valence-corrected chi connectivity index (χ2v) is 7.33. The molecule has 0 aliphatic carbocycles. The minimum atomic E-state index is -0.483. The average Bonchev–Trinajstić information content (AvgIpc) is 2.45. The first kappa shape index (κ1) is 19.3. The highest BCUT2D eigenvalue weighted by Crippen LogP contribution is 2.23. The van der Waals surface area contributed by atoms with E-state index in [9.17, 15) is 9.59 Å². The van der Waals surface area contributed by atoms with Gasteiger partial charge in [0.25, 0.3) is 0 Å². The summed E-state index contributed by atoms with van der Waals surface area (Å²) >= 11 is 0. The van der Waals surface area contributed by atoms with Crippen molar-refractivity contribution in [3.63, 3.8) is 0 Å². The summed E-state index contributed by atoms with van der Waals surface area (Å²) in [5, 5.41) is 8.71. The molecule has 130 valence electrons. The molecule has 0 aromatic carbocycles. The van der Waals surface area contributed by atoms with Crippen molar-refractivity contribution < 1.29 is 14.3 Å². The lowest BCUT2D eigenvalue weighted by atomic mass is 9.93. The summed E-state index contributed by atoms with van der Waals surface area (Å²) in [5.41, 5.74) is -0.483. The highest BCUT2D eigenvalue weighted by atomic mass is 16.6. The summed E-state index contributed by atoms with van der Waals surface area (Å²) in [6.07, 6.45) is 2.17. The number of nitrogens with zero attached hydrogens (tertiary/aromatic N) is 3. The number of piperidine rings is 1. The van der Waals surface area contributed by atoms with E-state index in [4.69, 9.17) is 10.00 Å². The van der Waals surface area contributed by atoms with Crippen LogP contribution in [-0.2, 0) is 9.53 Å². The van der Waals surface area contributed by atoms with E-state index in [0.717, 1.165) is 12.8 Å². The van der Waals surface area contributed by atoms with Crippen LogP contribution in [0.3, 0.4) is 0 Å². The van der Waals surface area contributed by atoms with Crippen molar-refractivity contribution in [3.05, 3.63) is 0 Å². The largest absolute Gasteiger partial charge is 0.444 e. The second-order valence-electron chi connectivity index (χ2n) is 7.33. The number of carbonyl (C=O) groups is 2. The van der Waals surface area contributed by atoms with E-state index in [-0.39, 0.29) is 24.0 Å². The van der Waals surface area contributed by atoms with E-state index in [1.165, 1.54) is 0 Å². The van der Waals surface area contributed by atoms with Crippen molar-refractivity contribution in [2.75, 3.05) is 20.1 Å². The number of rotatable bonds is 4. The Labute approximate surface area is 139 Å². The normalized spacial score (nSPS) is 17.3. The first-order valence-corrected chi connectivity index (χ1v) is 8.24. The van der Waals surface area contributed by atoms with E-state index in [1.54, 1.807) is 16.8 Å². The predicted octanol–water partition coefficient (Wildman–Crippen LogP) is 2.78. The zero-order valence-electron chi connectivity index (χ0n) is 15.0. The molecule has 1 atom stereocenters. The fourth-order valence-electron chi connectivity index (χ4n) is 2.55. The van der Waals surface area contributed by atoms with E-state index in [0.29, 0.717) is 25.9 Å². The molecule has 0 saturated carbocycles. The van der Waals surface area contributed by atoms with Gasteiger partial charge in [0.1, 0.15) is 5.60 Å². The maximum atomic E-state index is 12.2. The Balaban J connectivity index is 2.41. The molecule has 0 aromatic rings. The van der Waals surface area contributed by atoms with Crippen LogP contribution in [0.1, 0.15) is 53.4 Å². The number of hydrogen-bond acceptors (Lipinski definition) is 4. The first-order valence-electron chi connectivity index (χ1n) is 8.24. The van der Waals surface area contributed by atoms with Crippen molar-refractivity contribution in [2.24, 2.45) is 5.92 Å². The Morgan fingerprint density at radius 1 is 1.35 bits per heavy atom. The van der Waals surface area contributed by atoms with E-state index in [1.807, 2.05) is 27.7 Å². The van der Waals surface area contributed by atoms with E-state index < -0.39 is 5.60 Å². The predicted molar refractivity (Wildman–Crippen MR) is 87.6 cm³/mol. The Bertz CT molecular complexity index is 457. The molecule has 6 heteroatoms. The molecule has 6 nitrogen and oxygen atoms in total. The van der Waals surface area contributed by atoms with E-state index >= 15 is 0 Å². The molecule has 1 unspecified atom stereocenters. The number of nitriles is 1. The molecule has 23 heavy (non-hydrogen) atoms. The van der Waals surface area contributed by atoms with Crippen molar-refractivity contribution in [3.8, 4) is 6.07 Å². The molecule has 1 aliphatic heterocycles. The minimum Gasteiger partial charge on any atom is -0.444 e. The highest BCUT2D eigenvalue weighted by Gasteiger charge is 2.28. The Kier molecular flexibility index (Phi) is 6.86. The van der Waals surface area contributed by atoms with Gasteiger partial charge in [-0.25, -0.2) is 4.79 Å². The molecule has 0 bridgehead atoms. The maximum absolute atomic E-state index is 12.2. The van der Waals surface area contributed by atoms with Gasteiger partial charge in [0, 0.05) is 32.6 Å². The summed E-state index contributed by atoms with van der Waals surface area (Å²) in [6.45, 7) is 8.71. The van der Waals surface area contributed by atoms with Crippen LogP contribution in [0.4, 0.5) is 4.79 Å². The van der Waals surface area contributed by atoms with Crippen LogP contribution >= 0.6 is 0 Å². The fourth-order valence-corrected chi connectivity index (χ4v) is 2.55. The maximum Gasteiger partial charge on any atom is 0.410 e. The smallest absolute Gasteiger partial charge is 0.410 e. The van der Waals surface area contributed by atoms with Crippen LogP contribution in [0, 0.1) is 17.2 Å². The van der Waals surface area contributed by atoms with Gasteiger partial charge >= 0.3 is 6.09 Å². The van der Waals surface area contributed by atoms with Crippen molar-refractivity contribution in [1.82, 2.24) is 9.80 Å². The molecule has 1 heterocycles. The lowest BCUT2D eigenvalue weighted by molar-refractivity contribution is -0.132. The van der Waals surface area contributed by atoms with Crippen LogP contribution in [0.5, 0.6) is 0 Å². The summed E-state index contributed by atoms with van der Waals surface area (Å²) in [4.78, 5) is 27.6. The summed E-state index contributed by atoms with van der Waals surface area (Å²) in [7, 11) is 1.75. The Morgan fingerprint density at radius 3 is 2.39 bits per heavy atom. The lowest BCUT2D eigenvalue weighted by Gasteiger charge is -2.34. The van der Waals surface area contributed by atoms with E-state index in [2.05, 4.69) is 6.07 Å². The lowest BCUT2D eigenvalue weighted by Crippen LogP contribution is -2.43.